The van der Waals surface area contributed by atoms with Crippen molar-refractivity contribution in [2.45, 2.75) is 18.4 Å². The minimum atomic E-state index is -1.15. The SMILES string of the molecule is CN1CCC(O)(C(=NNC(=O)c2ccc(O)cc2O)c2ccccc2)CC1. The van der Waals surface area contributed by atoms with Crippen molar-refractivity contribution in [1.82, 2.24) is 10.3 Å². The van der Waals surface area contributed by atoms with Crippen molar-refractivity contribution in [2.24, 2.45) is 5.10 Å². The number of nitrogens with zero attached hydrogens (tertiary/aromatic N) is 2. The van der Waals surface area contributed by atoms with Crippen LogP contribution in [-0.2, 0) is 0 Å². The molecule has 2 aromatic carbocycles. The Labute approximate surface area is 157 Å². The fourth-order valence-corrected chi connectivity index (χ4v) is 3.14. The molecule has 1 heterocycles. The molecule has 1 aliphatic heterocycles. The van der Waals surface area contributed by atoms with Gasteiger partial charge in [-0.2, -0.15) is 5.10 Å². The molecule has 7 nitrogen and oxygen atoms in total. The Morgan fingerprint density at radius 3 is 2.41 bits per heavy atom. The average Bonchev–Trinajstić information content (AvgIpc) is 2.65. The molecular weight excluding hydrogens is 346 g/mol. The van der Waals surface area contributed by atoms with Gasteiger partial charge in [-0.25, -0.2) is 5.43 Å². The number of nitrogens with one attached hydrogen (secondary N) is 1. The van der Waals surface area contributed by atoms with Crippen LogP contribution in [0.2, 0.25) is 0 Å². The third-order valence-electron chi connectivity index (χ3n) is 4.80. The zero-order valence-corrected chi connectivity index (χ0v) is 15.1. The second kappa shape index (κ2) is 7.77. The van der Waals surface area contributed by atoms with Gasteiger partial charge in [0, 0.05) is 24.7 Å². The number of likely N-dealkylation sites (tertiary alicyclic amines) is 1. The molecule has 0 aliphatic carbocycles. The molecule has 1 amide bonds. The maximum atomic E-state index is 12.4. The molecule has 0 unspecified atom stereocenters. The van der Waals surface area contributed by atoms with Crippen LogP contribution in [0.1, 0.15) is 28.8 Å². The van der Waals surface area contributed by atoms with E-state index in [1.54, 1.807) is 0 Å². The molecule has 0 atom stereocenters. The molecule has 1 saturated heterocycles. The van der Waals surface area contributed by atoms with E-state index < -0.39 is 11.5 Å². The average molecular weight is 369 g/mol. The van der Waals surface area contributed by atoms with Crippen LogP contribution >= 0.6 is 0 Å². The number of phenols is 2. The first-order valence-corrected chi connectivity index (χ1v) is 8.76. The summed E-state index contributed by atoms with van der Waals surface area (Å²) in [6.07, 6.45) is 0.995. The number of aromatic hydroxyl groups is 2. The van der Waals surface area contributed by atoms with Crippen molar-refractivity contribution < 1.29 is 20.1 Å². The van der Waals surface area contributed by atoms with E-state index in [9.17, 15) is 20.1 Å². The second-order valence-electron chi connectivity index (χ2n) is 6.80. The number of benzene rings is 2. The lowest BCUT2D eigenvalue weighted by Crippen LogP contribution is -2.49. The zero-order chi connectivity index (χ0) is 19.4. The molecule has 7 heteroatoms. The summed E-state index contributed by atoms with van der Waals surface area (Å²) in [5.41, 5.74) is 2.37. The van der Waals surface area contributed by atoms with Gasteiger partial charge in [-0.3, -0.25) is 4.79 Å². The fourth-order valence-electron chi connectivity index (χ4n) is 3.14. The van der Waals surface area contributed by atoms with E-state index in [1.807, 2.05) is 37.4 Å². The van der Waals surface area contributed by atoms with E-state index in [0.29, 0.717) is 18.6 Å². The summed E-state index contributed by atoms with van der Waals surface area (Å²) >= 11 is 0. The van der Waals surface area contributed by atoms with Crippen molar-refractivity contribution in [2.75, 3.05) is 20.1 Å². The lowest BCUT2D eigenvalue weighted by Gasteiger charge is -2.37. The van der Waals surface area contributed by atoms with Crippen LogP contribution in [-0.4, -0.2) is 57.6 Å². The third kappa shape index (κ3) is 4.27. The van der Waals surface area contributed by atoms with Gasteiger partial charge in [0.15, 0.2) is 0 Å². The summed E-state index contributed by atoms with van der Waals surface area (Å²) in [4.78, 5) is 14.5. The van der Waals surface area contributed by atoms with E-state index in [1.165, 1.54) is 12.1 Å². The molecule has 4 N–H and O–H groups in total. The molecule has 0 bridgehead atoms. The first-order chi connectivity index (χ1) is 12.9. The minimum absolute atomic E-state index is 0.0145. The normalized spacial score (nSPS) is 17.5. The lowest BCUT2D eigenvalue weighted by molar-refractivity contribution is 0.0437. The molecule has 0 aromatic heterocycles. The van der Waals surface area contributed by atoms with Crippen molar-refractivity contribution in [3.05, 3.63) is 59.7 Å². The molecule has 1 fully saturated rings. The highest BCUT2D eigenvalue weighted by atomic mass is 16.3. The van der Waals surface area contributed by atoms with Crippen molar-refractivity contribution in [1.29, 1.82) is 0 Å². The van der Waals surface area contributed by atoms with Gasteiger partial charge in [-0.05, 0) is 32.0 Å². The molecule has 142 valence electrons. The molecule has 3 rings (SSSR count). The van der Waals surface area contributed by atoms with Gasteiger partial charge in [0.1, 0.15) is 17.1 Å². The van der Waals surface area contributed by atoms with Crippen LogP contribution in [0, 0.1) is 0 Å². The number of carbonyl (C=O) groups excluding carboxylic acids is 1. The van der Waals surface area contributed by atoms with Crippen LogP contribution in [0.25, 0.3) is 0 Å². The van der Waals surface area contributed by atoms with Crippen LogP contribution in [0.5, 0.6) is 11.5 Å². The Morgan fingerprint density at radius 2 is 1.78 bits per heavy atom. The summed E-state index contributed by atoms with van der Waals surface area (Å²) in [7, 11) is 1.99. The molecular formula is C20H23N3O4. The first-order valence-electron chi connectivity index (χ1n) is 8.76. The molecule has 0 radical (unpaired) electrons. The standard InChI is InChI=1S/C20H23N3O4/c1-23-11-9-20(27,10-12-23)18(14-5-3-2-4-6-14)21-22-19(26)16-8-7-15(24)13-17(16)25/h2-8,13,24-25,27H,9-12H2,1H3,(H,22,26). The molecule has 0 saturated carbocycles. The Balaban J connectivity index is 1.90. The lowest BCUT2D eigenvalue weighted by atomic mass is 9.83. The molecule has 27 heavy (non-hydrogen) atoms. The van der Waals surface area contributed by atoms with Gasteiger partial charge in [0.2, 0.25) is 0 Å². The van der Waals surface area contributed by atoms with Gasteiger partial charge in [-0.1, -0.05) is 30.3 Å². The second-order valence-corrected chi connectivity index (χ2v) is 6.80. The van der Waals surface area contributed by atoms with E-state index in [4.69, 9.17) is 0 Å². The number of aliphatic hydroxyl groups is 1. The highest BCUT2D eigenvalue weighted by molar-refractivity contribution is 6.07. The van der Waals surface area contributed by atoms with Crippen molar-refractivity contribution in [3.63, 3.8) is 0 Å². The van der Waals surface area contributed by atoms with E-state index in [0.717, 1.165) is 24.7 Å². The largest absolute Gasteiger partial charge is 0.508 e. The predicted octanol–water partition coefficient (Wildman–Crippen LogP) is 1.69. The van der Waals surface area contributed by atoms with Gasteiger partial charge in [-0.15, -0.1) is 0 Å². The van der Waals surface area contributed by atoms with Gasteiger partial charge < -0.3 is 20.2 Å². The number of hydrogen-bond donors (Lipinski definition) is 4. The topological polar surface area (TPSA) is 105 Å². The Morgan fingerprint density at radius 1 is 1.11 bits per heavy atom. The summed E-state index contributed by atoms with van der Waals surface area (Å²) in [6.45, 7) is 1.43. The summed E-state index contributed by atoms with van der Waals surface area (Å²) in [5, 5.41) is 34.6. The van der Waals surface area contributed by atoms with Crippen LogP contribution in [0.15, 0.2) is 53.6 Å². The molecule has 2 aromatic rings. The Kier molecular flexibility index (Phi) is 5.43. The van der Waals surface area contributed by atoms with Crippen LogP contribution < -0.4 is 5.43 Å². The van der Waals surface area contributed by atoms with Gasteiger partial charge in [0.05, 0.1) is 11.3 Å². The maximum absolute atomic E-state index is 12.4. The molecule has 0 spiro atoms. The van der Waals surface area contributed by atoms with Gasteiger partial charge >= 0.3 is 0 Å². The highest BCUT2D eigenvalue weighted by Crippen LogP contribution is 2.27. The Hall–Kier alpha value is -2.90. The van der Waals surface area contributed by atoms with Crippen LogP contribution in [0.4, 0.5) is 0 Å². The third-order valence-corrected chi connectivity index (χ3v) is 4.80. The summed E-state index contributed by atoms with van der Waals surface area (Å²) in [6, 6.07) is 12.9. The monoisotopic (exact) mass is 369 g/mol. The molecule has 1 aliphatic rings. The first kappa shape index (κ1) is 18.9. The Bertz CT molecular complexity index is 844. The maximum Gasteiger partial charge on any atom is 0.275 e. The van der Waals surface area contributed by atoms with Gasteiger partial charge in [0.25, 0.3) is 5.91 Å². The van der Waals surface area contributed by atoms with Crippen molar-refractivity contribution >= 4 is 11.6 Å². The highest BCUT2D eigenvalue weighted by Gasteiger charge is 2.37. The number of amides is 1. The summed E-state index contributed by atoms with van der Waals surface area (Å²) < 4.78 is 0. The quantitative estimate of drug-likeness (QED) is 0.485. The number of rotatable bonds is 4. The predicted molar refractivity (Wildman–Crippen MR) is 102 cm³/mol. The number of hydrazone groups is 1. The number of phenolic OH excluding ortho intramolecular Hbond substituents is 2. The zero-order valence-electron chi connectivity index (χ0n) is 15.1. The number of piperidine rings is 1. The van der Waals surface area contributed by atoms with E-state index in [2.05, 4.69) is 15.4 Å². The fraction of sp³-hybridized carbons (Fsp3) is 0.300. The smallest absolute Gasteiger partial charge is 0.275 e. The van der Waals surface area contributed by atoms with E-state index in [-0.39, 0.29) is 17.1 Å². The van der Waals surface area contributed by atoms with Crippen molar-refractivity contribution in [3.8, 4) is 11.5 Å². The minimum Gasteiger partial charge on any atom is -0.508 e. The van der Waals surface area contributed by atoms with Crippen LogP contribution in [0.3, 0.4) is 0 Å². The summed E-state index contributed by atoms with van der Waals surface area (Å²) in [5.74, 6) is -1.11. The number of carbonyl (C=O) groups is 1. The number of hydrogen-bond acceptors (Lipinski definition) is 6. The van der Waals surface area contributed by atoms with E-state index >= 15 is 0 Å².